The third-order valence-corrected chi connectivity index (χ3v) is 6.64. The Morgan fingerprint density at radius 3 is 2.60 bits per heavy atom. The van der Waals surface area contributed by atoms with Crippen LogP contribution < -0.4 is 5.48 Å². The van der Waals surface area contributed by atoms with Gasteiger partial charge < -0.3 is 4.90 Å². The fourth-order valence-electron chi connectivity index (χ4n) is 3.09. The lowest BCUT2D eigenvalue weighted by molar-refractivity contribution is -0.138. The zero-order chi connectivity index (χ0) is 21.8. The van der Waals surface area contributed by atoms with Gasteiger partial charge in [-0.15, -0.1) is 0 Å². The second-order valence-electron chi connectivity index (χ2n) is 6.86. The van der Waals surface area contributed by atoms with Gasteiger partial charge in [0, 0.05) is 38.3 Å². The van der Waals surface area contributed by atoms with Crippen LogP contribution in [-0.2, 0) is 25.8 Å². The minimum atomic E-state index is -4.62. The van der Waals surface area contributed by atoms with Gasteiger partial charge in [-0.1, -0.05) is 18.2 Å². The van der Waals surface area contributed by atoms with Crippen molar-refractivity contribution in [1.29, 1.82) is 0 Å². The largest absolute Gasteiger partial charge is 0.416 e. The van der Waals surface area contributed by atoms with E-state index in [1.807, 2.05) is 12.2 Å². The van der Waals surface area contributed by atoms with Gasteiger partial charge in [-0.25, -0.2) is 8.42 Å². The highest BCUT2D eigenvalue weighted by atomic mass is 32.2. The molecule has 0 saturated heterocycles. The van der Waals surface area contributed by atoms with Crippen molar-refractivity contribution in [2.24, 2.45) is 0 Å². The molecule has 0 saturated carbocycles. The van der Waals surface area contributed by atoms with Gasteiger partial charge in [-0.3, -0.25) is 15.1 Å². The summed E-state index contributed by atoms with van der Waals surface area (Å²) in [6.45, 7) is 1.09. The van der Waals surface area contributed by atoms with Crippen molar-refractivity contribution in [3.05, 3.63) is 53.8 Å². The lowest BCUT2D eigenvalue weighted by Gasteiger charge is -2.27. The van der Waals surface area contributed by atoms with Crippen LogP contribution in [0.2, 0.25) is 0 Å². The average Bonchev–Trinajstić information content (AvgIpc) is 2.74. The summed E-state index contributed by atoms with van der Waals surface area (Å²) in [5.74, 6) is -0.156. The minimum Gasteiger partial charge on any atom is -0.337 e. The number of hydroxylamine groups is 1. The Kier molecular flexibility index (Phi) is 6.84. The molecule has 7 nitrogen and oxygen atoms in total. The molecular formula is C19H22F3N3O4S. The predicted molar refractivity (Wildman–Crippen MR) is 102 cm³/mol. The van der Waals surface area contributed by atoms with Crippen molar-refractivity contribution in [2.75, 3.05) is 32.8 Å². The van der Waals surface area contributed by atoms with E-state index in [1.165, 1.54) is 0 Å². The van der Waals surface area contributed by atoms with Crippen LogP contribution in [0, 0.1) is 0 Å². The summed E-state index contributed by atoms with van der Waals surface area (Å²) in [5, 5.41) is 0. The number of hydrogen-bond acceptors (Lipinski definition) is 5. The van der Waals surface area contributed by atoms with Gasteiger partial charge >= 0.3 is 6.18 Å². The Labute approximate surface area is 172 Å². The van der Waals surface area contributed by atoms with Gasteiger partial charge in [0.2, 0.25) is 10.0 Å². The third kappa shape index (κ3) is 5.41. The minimum absolute atomic E-state index is 0.0187. The summed E-state index contributed by atoms with van der Waals surface area (Å²) in [7, 11) is -4.06. The van der Waals surface area contributed by atoms with Gasteiger partial charge in [0.25, 0.3) is 5.91 Å². The molecule has 164 valence electrons. The molecule has 30 heavy (non-hydrogen) atoms. The highest BCUT2D eigenvalue weighted by molar-refractivity contribution is 7.89. The number of rotatable bonds is 6. The van der Waals surface area contributed by atoms with E-state index in [4.69, 9.17) is 4.84 Å². The smallest absolute Gasteiger partial charge is 0.337 e. The topological polar surface area (TPSA) is 79.0 Å². The fraction of sp³-hybridized carbons (Fsp3) is 0.421. The van der Waals surface area contributed by atoms with Crippen molar-refractivity contribution < 1.29 is 31.2 Å². The van der Waals surface area contributed by atoms with E-state index in [0.29, 0.717) is 24.9 Å². The van der Waals surface area contributed by atoms with E-state index in [1.54, 1.807) is 11.0 Å². The Bertz CT molecular complexity index is 945. The number of amides is 1. The number of benzene rings is 1. The molecule has 1 aromatic carbocycles. The maximum atomic E-state index is 12.9. The van der Waals surface area contributed by atoms with Crippen LogP contribution in [0.25, 0.3) is 0 Å². The number of carbonyl (C=O) groups is 1. The summed E-state index contributed by atoms with van der Waals surface area (Å²) in [6.07, 6.45) is 1.96. The lowest BCUT2D eigenvalue weighted by Crippen LogP contribution is -2.39. The van der Waals surface area contributed by atoms with E-state index in [-0.39, 0.29) is 32.0 Å². The SMILES string of the molecule is O=C(CONC1=CCN(S(=O)(=O)c2cccc(C(F)(F)F)c2)CC1)N1CC=CCC1. The van der Waals surface area contributed by atoms with Crippen LogP contribution in [0.3, 0.4) is 0 Å². The van der Waals surface area contributed by atoms with Crippen molar-refractivity contribution in [3.8, 4) is 0 Å². The van der Waals surface area contributed by atoms with Crippen LogP contribution in [0.15, 0.2) is 53.1 Å². The molecule has 2 heterocycles. The first-order chi connectivity index (χ1) is 14.2. The number of halogens is 3. The molecule has 3 rings (SSSR count). The molecule has 1 aromatic rings. The van der Waals surface area contributed by atoms with Crippen molar-refractivity contribution >= 4 is 15.9 Å². The van der Waals surface area contributed by atoms with Crippen LogP contribution in [0.5, 0.6) is 0 Å². The first-order valence-electron chi connectivity index (χ1n) is 9.35. The molecule has 11 heteroatoms. The standard InChI is InChI=1S/C19H22F3N3O4S/c20-19(21,22)15-5-4-6-17(13-15)30(27,28)25-11-7-16(8-12-25)23-29-14-18(26)24-9-2-1-3-10-24/h1-2,4-7,13,23H,3,8-12,14H2. The Morgan fingerprint density at radius 1 is 1.17 bits per heavy atom. The quantitative estimate of drug-likeness (QED) is 0.537. The fourth-order valence-corrected chi connectivity index (χ4v) is 4.52. The predicted octanol–water partition coefficient (Wildman–Crippen LogP) is 2.29. The maximum absolute atomic E-state index is 12.9. The second kappa shape index (κ2) is 9.19. The van der Waals surface area contributed by atoms with E-state index in [9.17, 15) is 26.4 Å². The van der Waals surface area contributed by atoms with E-state index in [0.717, 1.165) is 28.9 Å². The molecule has 0 atom stereocenters. The van der Waals surface area contributed by atoms with E-state index in [2.05, 4.69) is 5.48 Å². The molecule has 0 fully saturated rings. The van der Waals surface area contributed by atoms with Crippen molar-refractivity contribution in [1.82, 2.24) is 14.7 Å². The molecular weight excluding hydrogens is 423 g/mol. The molecule has 0 bridgehead atoms. The normalized spacial score (nSPS) is 18.2. The number of nitrogens with one attached hydrogen (secondary N) is 1. The first kappa shape index (κ1) is 22.3. The van der Waals surface area contributed by atoms with Crippen molar-refractivity contribution in [2.45, 2.75) is 23.9 Å². The highest BCUT2D eigenvalue weighted by Crippen LogP contribution is 2.31. The summed E-state index contributed by atoms with van der Waals surface area (Å²) in [5.41, 5.74) is 2.25. The summed E-state index contributed by atoms with van der Waals surface area (Å²) in [6, 6.07) is 3.69. The van der Waals surface area contributed by atoms with Crippen LogP contribution in [-0.4, -0.2) is 56.3 Å². The molecule has 0 spiro atoms. The molecule has 0 unspecified atom stereocenters. The van der Waals surface area contributed by atoms with Crippen LogP contribution in [0.4, 0.5) is 13.2 Å². The van der Waals surface area contributed by atoms with Gasteiger partial charge in [-0.05, 0) is 30.7 Å². The zero-order valence-corrected chi connectivity index (χ0v) is 16.9. The number of alkyl halides is 3. The van der Waals surface area contributed by atoms with Crippen LogP contribution in [0.1, 0.15) is 18.4 Å². The Balaban J connectivity index is 1.54. The monoisotopic (exact) mass is 445 g/mol. The molecule has 1 N–H and O–H groups in total. The van der Waals surface area contributed by atoms with Gasteiger partial charge in [0.05, 0.1) is 10.5 Å². The lowest BCUT2D eigenvalue weighted by atomic mass is 10.2. The second-order valence-corrected chi connectivity index (χ2v) is 8.80. The van der Waals surface area contributed by atoms with Gasteiger partial charge in [0.15, 0.2) is 6.61 Å². The molecule has 2 aliphatic heterocycles. The summed E-state index contributed by atoms with van der Waals surface area (Å²) in [4.78, 5) is 18.5. The van der Waals surface area contributed by atoms with E-state index < -0.39 is 26.7 Å². The average molecular weight is 445 g/mol. The zero-order valence-electron chi connectivity index (χ0n) is 16.1. The van der Waals surface area contributed by atoms with Crippen LogP contribution >= 0.6 is 0 Å². The number of carbonyl (C=O) groups excluding carboxylic acids is 1. The number of hydrogen-bond donors (Lipinski definition) is 1. The van der Waals surface area contributed by atoms with E-state index >= 15 is 0 Å². The summed E-state index contributed by atoms with van der Waals surface area (Å²) >= 11 is 0. The van der Waals surface area contributed by atoms with Gasteiger partial charge in [0.1, 0.15) is 0 Å². The molecule has 0 aliphatic carbocycles. The summed E-state index contributed by atoms with van der Waals surface area (Å²) < 4.78 is 65.1. The number of nitrogens with zero attached hydrogens (tertiary/aromatic N) is 2. The maximum Gasteiger partial charge on any atom is 0.416 e. The Hall–Kier alpha value is -2.37. The molecule has 0 aromatic heterocycles. The van der Waals surface area contributed by atoms with Gasteiger partial charge in [-0.2, -0.15) is 17.5 Å². The molecule has 2 aliphatic rings. The van der Waals surface area contributed by atoms with Crippen molar-refractivity contribution in [3.63, 3.8) is 0 Å². The highest BCUT2D eigenvalue weighted by Gasteiger charge is 2.33. The first-order valence-corrected chi connectivity index (χ1v) is 10.8. The molecule has 1 amide bonds. The Morgan fingerprint density at radius 2 is 1.97 bits per heavy atom. The number of sulfonamides is 1. The third-order valence-electron chi connectivity index (χ3n) is 4.78. The molecule has 0 radical (unpaired) electrons.